The van der Waals surface area contributed by atoms with E-state index < -0.39 is 21.4 Å². The number of ether oxygens (including phenoxy) is 1. The summed E-state index contributed by atoms with van der Waals surface area (Å²) in [5, 5.41) is 25.9. The number of hydrogen-bond donors (Lipinski definition) is 1. The first-order valence-corrected chi connectivity index (χ1v) is 11.5. The van der Waals surface area contributed by atoms with Crippen LogP contribution in [-0.4, -0.2) is 16.2 Å². The van der Waals surface area contributed by atoms with Crippen molar-refractivity contribution in [2.24, 2.45) is 4.99 Å². The van der Waals surface area contributed by atoms with Gasteiger partial charge in [0.2, 0.25) is 0 Å². The fourth-order valence-electron chi connectivity index (χ4n) is 4.64. The Morgan fingerprint density at radius 1 is 0.784 bits per heavy atom. The quantitative estimate of drug-likeness (QED) is 0.248. The molecule has 0 spiro atoms. The van der Waals surface area contributed by atoms with Crippen molar-refractivity contribution >= 4 is 17.7 Å². The average Bonchev–Trinajstić information content (AvgIpc) is 3.38. The first-order chi connectivity index (χ1) is 18.0. The molecule has 37 heavy (non-hydrogen) atoms. The summed E-state index contributed by atoms with van der Waals surface area (Å²) in [6.07, 6.45) is 1.60. The summed E-state index contributed by atoms with van der Waals surface area (Å²) in [6, 6.07) is 29.4. The number of nitrogens with one attached hydrogen (secondary N) is 1. The Hall–Kier alpha value is -5.05. The van der Waals surface area contributed by atoms with Crippen LogP contribution in [0.1, 0.15) is 28.3 Å². The molecule has 0 saturated carbocycles. The molecule has 184 valence electrons. The lowest BCUT2D eigenvalue weighted by Crippen LogP contribution is -2.43. The first-order valence-electron chi connectivity index (χ1n) is 11.5. The number of benzene rings is 4. The van der Waals surface area contributed by atoms with Crippen LogP contribution in [0.25, 0.3) is 0 Å². The molecule has 1 aliphatic heterocycles. The van der Waals surface area contributed by atoms with Crippen LogP contribution in [0.15, 0.2) is 108 Å². The molecule has 2 atom stereocenters. The SMILES string of the molecule is O=[N+]([O-])c1ccc(C2N=CNC2(c2ccc([N+](=O)[O-])cc2)c2ccccc2OCc2ccccc2)cc1. The molecule has 9 nitrogen and oxygen atoms in total. The van der Waals surface area contributed by atoms with Crippen LogP contribution in [-0.2, 0) is 12.1 Å². The van der Waals surface area contributed by atoms with Gasteiger partial charge < -0.3 is 10.1 Å². The third-order valence-electron chi connectivity index (χ3n) is 6.43. The molecule has 1 heterocycles. The maximum atomic E-state index is 11.3. The van der Waals surface area contributed by atoms with Crippen molar-refractivity contribution < 1.29 is 14.6 Å². The molecule has 0 radical (unpaired) electrons. The average molecular weight is 495 g/mol. The monoisotopic (exact) mass is 494 g/mol. The number of nitro groups is 2. The van der Waals surface area contributed by atoms with Crippen LogP contribution in [0.3, 0.4) is 0 Å². The molecular weight excluding hydrogens is 472 g/mol. The van der Waals surface area contributed by atoms with E-state index in [0.717, 1.165) is 22.3 Å². The van der Waals surface area contributed by atoms with Crippen LogP contribution in [0.2, 0.25) is 0 Å². The third kappa shape index (κ3) is 4.50. The van der Waals surface area contributed by atoms with E-state index in [1.54, 1.807) is 30.6 Å². The van der Waals surface area contributed by atoms with E-state index in [1.807, 2.05) is 54.6 Å². The molecule has 5 rings (SSSR count). The molecular formula is C28H22N4O5. The third-order valence-corrected chi connectivity index (χ3v) is 6.43. The highest BCUT2D eigenvalue weighted by Gasteiger charge is 2.47. The minimum atomic E-state index is -0.988. The summed E-state index contributed by atoms with van der Waals surface area (Å²) >= 11 is 0. The molecule has 4 aromatic rings. The lowest BCUT2D eigenvalue weighted by atomic mass is 9.74. The predicted molar refractivity (Wildman–Crippen MR) is 139 cm³/mol. The Labute approximate surface area is 212 Å². The number of hydrogen-bond acceptors (Lipinski definition) is 7. The molecule has 0 aromatic heterocycles. The number of para-hydroxylation sites is 1. The zero-order valence-electron chi connectivity index (χ0n) is 19.6. The van der Waals surface area contributed by atoms with Gasteiger partial charge in [0.05, 0.1) is 16.2 Å². The maximum absolute atomic E-state index is 11.3. The number of rotatable bonds is 8. The smallest absolute Gasteiger partial charge is 0.269 e. The van der Waals surface area contributed by atoms with Gasteiger partial charge in [-0.05, 0) is 47.0 Å². The highest BCUT2D eigenvalue weighted by Crippen LogP contribution is 2.48. The minimum absolute atomic E-state index is 0.0220. The van der Waals surface area contributed by atoms with Crippen molar-refractivity contribution in [2.45, 2.75) is 18.2 Å². The fraction of sp³-hybridized carbons (Fsp3) is 0.107. The zero-order valence-corrected chi connectivity index (χ0v) is 19.6. The van der Waals surface area contributed by atoms with Crippen LogP contribution >= 0.6 is 0 Å². The van der Waals surface area contributed by atoms with Gasteiger partial charge in [-0.1, -0.05) is 48.5 Å². The number of non-ortho nitro benzene ring substituents is 2. The van der Waals surface area contributed by atoms with E-state index in [2.05, 4.69) is 5.32 Å². The molecule has 0 saturated heterocycles. The van der Waals surface area contributed by atoms with Crippen molar-refractivity contribution in [3.05, 3.63) is 146 Å². The van der Waals surface area contributed by atoms with E-state index in [0.29, 0.717) is 12.4 Å². The highest BCUT2D eigenvalue weighted by molar-refractivity contribution is 5.67. The first kappa shape index (κ1) is 23.7. The largest absolute Gasteiger partial charge is 0.489 e. The zero-order chi connectivity index (χ0) is 25.8. The topological polar surface area (TPSA) is 120 Å². The summed E-state index contributed by atoms with van der Waals surface area (Å²) < 4.78 is 6.29. The second-order valence-electron chi connectivity index (χ2n) is 8.56. The molecule has 4 aromatic carbocycles. The number of nitro benzene ring substituents is 2. The molecule has 1 aliphatic rings. The highest BCUT2D eigenvalue weighted by atomic mass is 16.6. The van der Waals surface area contributed by atoms with E-state index in [1.165, 1.54) is 24.3 Å². The molecule has 9 heteroatoms. The van der Waals surface area contributed by atoms with Gasteiger partial charge in [0.15, 0.2) is 0 Å². The van der Waals surface area contributed by atoms with E-state index in [-0.39, 0.29) is 11.4 Å². The van der Waals surface area contributed by atoms with Crippen molar-refractivity contribution in [3.8, 4) is 5.75 Å². The van der Waals surface area contributed by atoms with E-state index in [4.69, 9.17) is 9.73 Å². The van der Waals surface area contributed by atoms with Crippen molar-refractivity contribution in [2.75, 3.05) is 0 Å². The second kappa shape index (κ2) is 9.90. The van der Waals surface area contributed by atoms with Crippen LogP contribution in [0.5, 0.6) is 5.75 Å². The van der Waals surface area contributed by atoms with Crippen molar-refractivity contribution in [1.82, 2.24) is 5.32 Å². The lowest BCUT2D eigenvalue weighted by Gasteiger charge is -2.37. The molecule has 0 amide bonds. The Kier molecular flexibility index (Phi) is 6.34. The van der Waals surface area contributed by atoms with Gasteiger partial charge >= 0.3 is 0 Å². The molecule has 0 aliphatic carbocycles. The minimum Gasteiger partial charge on any atom is -0.489 e. The van der Waals surface area contributed by atoms with Crippen LogP contribution in [0, 0.1) is 20.2 Å². The lowest BCUT2D eigenvalue weighted by molar-refractivity contribution is -0.385. The van der Waals surface area contributed by atoms with E-state index >= 15 is 0 Å². The maximum Gasteiger partial charge on any atom is 0.269 e. The molecule has 1 N–H and O–H groups in total. The van der Waals surface area contributed by atoms with Crippen molar-refractivity contribution in [1.29, 1.82) is 0 Å². The fourth-order valence-corrected chi connectivity index (χ4v) is 4.64. The molecule has 2 unspecified atom stereocenters. The van der Waals surface area contributed by atoms with Crippen molar-refractivity contribution in [3.63, 3.8) is 0 Å². The van der Waals surface area contributed by atoms with Gasteiger partial charge in [0.25, 0.3) is 11.4 Å². The summed E-state index contributed by atoms with van der Waals surface area (Å²) in [4.78, 5) is 26.4. The summed E-state index contributed by atoms with van der Waals surface area (Å²) in [6.45, 7) is 0.344. The normalized spacial score (nSPS) is 18.2. The standard InChI is InChI=1S/C28H22N4O5/c33-31(34)23-14-10-21(11-15-23)27-28(30-19-29-27,22-12-16-24(17-13-22)32(35)36)25-8-4-5-9-26(25)37-18-20-6-2-1-3-7-20/h1-17,19,27H,18H2,(H,29,30). The Morgan fingerprint density at radius 2 is 1.38 bits per heavy atom. The Bertz CT molecular complexity index is 1460. The molecule has 0 bridgehead atoms. The van der Waals surface area contributed by atoms with Gasteiger partial charge in [-0.2, -0.15) is 0 Å². The van der Waals surface area contributed by atoms with Gasteiger partial charge in [0.1, 0.15) is 23.9 Å². The van der Waals surface area contributed by atoms with Gasteiger partial charge in [-0.3, -0.25) is 25.2 Å². The predicted octanol–water partition coefficient (Wildman–Crippen LogP) is 5.70. The number of nitrogens with zero attached hydrogens (tertiary/aromatic N) is 3. The Morgan fingerprint density at radius 3 is 2.03 bits per heavy atom. The van der Waals surface area contributed by atoms with Gasteiger partial charge in [-0.15, -0.1) is 0 Å². The summed E-state index contributed by atoms with van der Waals surface area (Å²) in [7, 11) is 0. The van der Waals surface area contributed by atoms with Crippen LogP contribution < -0.4 is 10.1 Å². The molecule has 0 fully saturated rings. The Balaban J connectivity index is 1.63. The summed E-state index contributed by atoms with van der Waals surface area (Å²) in [5.74, 6) is 0.620. The summed E-state index contributed by atoms with van der Waals surface area (Å²) in [5.41, 5.74) is 2.21. The van der Waals surface area contributed by atoms with Gasteiger partial charge in [-0.25, -0.2) is 0 Å². The van der Waals surface area contributed by atoms with Crippen LogP contribution in [0.4, 0.5) is 11.4 Å². The van der Waals surface area contributed by atoms with Gasteiger partial charge in [0, 0.05) is 29.8 Å². The number of aliphatic imine (C=N–C) groups is 1. The second-order valence-corrected chi connectivity index (χ2v) is 8.56. The van der Waals surface area contributed by atoms with E-state index in [9.17, 15) is 20.2 Å².